The lowest BCUT2D eigenvalue weighted by Crippen LogP contribution is -2.52. The third kappa shape index (κ3) is 4.58. The van der Waals surface area contributed by atoms with Crippen molar-refractivity contribution in [2.75, 3.05) is 29.6 Å². The van der Waals surface area contributed by atoms with Crippen molar-refractivity contribution in [1.82, 2.24) is 15.2 Å². The minimum absolute atomic E-state index is 0.141. The molecule has 1 aromatic carbocycles. The lowest BCUT2D eigenvalue weighted by molar-refractivity contribution is -0.0592. The summed E-state index contributed by atoms with van der Waals surface area (Å²) in [6.07, 6.45) is 1.71. The average molecular weight is 492 g/mol. The zero-order chi connectivity index (χ0) is 25.1. The third-order valence-corrected chi connectivity index (χ3v) is 7.45. The van der Waals surface area contributed by atoms with Crippen LogP contribution in [-0.2, 0) is 15.4 Å². The van der Waals surface area contributed by atoms with Crippen molar-refractivity contribution in [2.24, 2.45) is 0 Å². The molecule has 1 aliphatic rings. The summed E-state index contributed by atoms with van der Waals surface area (Å²) in [5, 5.41) is 21.8. The standard InChI is InChI=1S/C23H30FN5O4S/c1-13-7-18(20-27-28-21(33-20)25-14-10-23(30,11-14)12-24)26-19-16(13)8-15(29(5)34(6,31)32)9-17(19)22(2,3)4/h7-9,14,30H,10-12H2,1-6H3,(H,25,28). The van der Waals surface area contributed by atoms with Gasteiger partial charge in [-0.15, -0.1) is 5.10 Å². The van der Waals surface area contributed by atoms with Crippen LogP contribution in [0.1, 0.15) is 44.7 Å². The number of anilines is 2. The summed E-state index contributed by atoms with van der Waals surface area (Å²) in [7, 11) is -1.90. The van der Waals surface area contributed by atoms with Crippen LogP contribution in [0.25, 0.3) is 22.5 Å². The molecule has 0 bridgehead atoms. The molecule has 0 spiro atoms. The molecular formula is C23H30FN5O4S. The molecule has 0 atom stereocenters. The van der Waals surface area contributed by atoms with E-state index in [1.54, 1.807) is 0 Å². The highest BCUT2D eigenvalue weighted by Crippen LogP contribution is 2.37. The number of rotatable bonds is 6. The van der Waals surface area contributed by atoms with Gasteiger partial charge in [-0.25, -0.2) is 17.8 Å². The quantitative estimate of drug-likeness (QED) is 0.537. The molecule has 1 aliphatic carbocycles. The molecule has 0 unspecified atom stereocenters. The van der Waals surface area contributed by atoms with E-state index < -0.39 is 22.3 Å². The largest absolute Gasteiger partial charge is 0.402 e. The Kier molecular flexibility index (Phi) is 5.84. The van der Waals surface area contributed by atoms with Gasteiger partial charge in [0.15, 0.2) is 0 Å². The number of pyridine rings is 1. The first-order chi connectivity index (χ1) is 15.7. The second kappa shape index (κ2) is 8.16. The number of sulfonamides is 1. The van der Waals surface area contributed by atoms with Gasteiger partial charge in [-0.3, -0.25) is 4.31 Å². The van der Waals surface area contributed by atoms with Crippen molar-refractivity contribution in [3.63, 3.8) is 0 Å². The molecule has 4 rings (SSSR count). The van der Waals surface area contributed by atoms with E-state index in [1.165, 1.54) is 17.6 Å². The molecule has 11 heteroatoms. The first-order valence-electron chi connectivity index (χ1n) is 11.0. The number of nitrogens with zero attached hydrogens (tertiary/aromatic N) is 4. The maximum Gasteiger partial charge on any atom is 0.316 e. The summed E-state index contributed by atoms with van der Waals surface area (Å²) < 4.78 is 44.1. The van der Waals surface area contributed by atoms with E-state index in [9.17, 15) is 17.9 Å². The Morgan fingerprint density at radius 2 is 1.94 bits per heavy atom. The van der Waals surface area contributed by atoms with E-state index in [4.69, 9.17) is 9.40 Å². The van der Waals surface area contributed by atoms with E-state index in [0.29, 0.717) is 11.4 Å². The van der Waals surface area contributed by atoms with Gasteiger partial charge in [0, 0.05) is 18.5 Å². The molecule has 0 amide bonds. The zero-order valence-corrected chi connectivity index (χ0v) is 21.0. The molecule has 9 nitrogen and oxygen atoms in total. The van der Waals surface area contributed by atoms with Gasteiger partial charge >= 0.3 is 6.01 Å². The van der Waals surface area contributed by atoms with Crippen molar-refractivity contribution < 1.29 is 22.3 Å². The van der Waals surface area contributed by atoms with Crippen LogP contribution in [0.15, 0.2) is 22.6 Å². The van der Waals surface area contributed by atoms with Gasteiger partial charge in [-0.05, 0) is 54.5 Å². The number of hydrogen-bond donors (Lipinski definition) is 2. The predicted molar refractivity (Wildman–Crippen MR) is 129 cm³/mol. The van der Waals surface area contributed by atoms with Gasteiger partial charge in [-0.2, -0.15) is 0 Å². The molecule has 34 heavy (non-hydrogen) atoms. The summed E-state index contributed by atoms with van der Waals surface area (Å²) in [5.41, 5.74) is 1.97. The number of aryl methyl sites for hydroxylation is 1. The SMILES string of the molecule is Cc1cc(-c2nnc(NC3CC(O)(CF)C3)o2)nc2c(C(C)(C)C)cc(N(C)S(C)(=O)=O)cc12. The van der Waals surface area contributed by atoms with Crippen LogP contribution in [0.3, 0.4) is 0 Å². The summed E-state index contributed by atoms with van der Waals surface area (Å²) in [6.45, 7) is 7.27. The van der Waals surface area contributed by atoms with Crippen LogP contribution < -0.4 is 9.62 Å². The normalized spacial score (nSPS) is 20.9. The summed E-state index contributed by atoms with van der Waals surface area (Å²) in [4.78, 5) is 4.82. The minimum Gasteiger partial charge on any atom is -0.402 e. The van der Waals surface area contributed by atoms with E-state index in [1.807, 2.05) is 45.9 Å². The van der Waals surface area contributed by atoms with Crippen molar-refractivity contribution in [2.45, 2.75) is 57.6 Å². The summed E-state index contributed by atoms with van der Waals surface area (Å²) in [6, 6.07) is 5.53. The van der Waals surface area contributed by atoms with E-state index in [0.717, 1.165) is 22.0 Å². The smallest absolute Gasteiger partial charge is 0.316 e. The van der Waals surface area contributed by atoms with Crippen LogP contribution in [0.2, 0.25) is 0 Å². The number of halogens is 1. The highest BCUT2D eigenvalue weighted by atomic mass is 32.2. The topological polar surface area (TPSA) is 121 Å². The molecule has 2 N–H and O–H groups in total. The lowest BCUT2D eigenvalue weighted by atomic mass is 9.77. The summed E-state index contributed by atoms with van der Waals surface area (Å²) in [5.74, 6) is 0.227. The van der Waals surface area contributed by atoms with Crippen LogP contribution in [0.4, 0.5) is 16.1 Å². The molecule has 184 valence electrons. The minimum atomic E-state index is -3.43. The maximum atomic E-state index is 12.8. The van der Waals surface area contributed by atoms with Gasteiger partial charge in [0.2, 0.25) is 10.0 Å². The fourth-order valence-electron chi connectivity index (χ4n) is 4.16. The average Bonchev–Trinajstić information content (AvgIpc) is 3.18. The lowest BCUT2D eigenvalue weighted by Gasteiger charge is -2.41. The van der Waals surface area contributed by atoms with Crippen molar-refractivity contribution in [1.29, 1.82) is 0 Å². The Morgan fingerprint density at radius 1 is 1.26 bits per heavy atom. The first-order valence-corrected chi connectivity index (χ1v) is 12.8. The Hall–Kier alpha value is -2.79. The Morgan fingerprint density at radius 3 is 2.53 bits per heavy atom. The second-order valence-electron chi connectivity index (χ2n) is 10.2. The van der Waals surface area contributed by atoms with Crippen molar-refractivity contribution in [3.05, 3.63) is 29.3 Å². The number of fused-ring (bicyclic) bond motifs is 1. The molecule has 0 radical (unpaired) electrons. The van der Waals surface area contributed by atoms with Gasteiger partial charge in [0.05, 0.1) is 23.1 Å². The van der Waals surface area contributed by atoms with Gasteiger partial charge < -0.3 is 14.8 Å². The fourth-order valence-corrected chi connectivity index (χ4v) is 4.65. The number of hydrogen-bond acceptors (Lipinski definition) is 8. The second-order valence-corrected chi connectivity index (χ2v) is 12.2. The van der Waals surface area contributed by atoms with E-state index in [2.05, 4.69) is 15.5 Å². The molecule has 0 aliphatic heterocycles. The molecule has 3 aromatic rings. The van der Waals surface area contributed by atoms with Gasteiger partial charge in [0.25, 0.3) is 5.89 Å². The molecule has 2 aromatic heterocycles. The third-order valence-electron chi connectivity index (χ3n) is 6.25. The zero-order valence-electron chi connectivity index (χ0n) is 20.2. The van der Waals surface area contributed by atoms with E-state index >= 15 is 0 Å². The number of nitrogens with one attached hydrogen (secondary N) is 1. The van der Waals surface area contributed by atoms with Crippen molar-refractivity contribution >= 4 is 32.6 Å². The number of aliphatic hydroxyl groups is 1. The highest BCUT2D eigenvalue weighted by Gasteiger charge is 2.43. The molecule has 1 saturated carbocycles. The number of alkyl halides is 1. The monoisotopic (exact) mass is 491 g/mol. The predicted octanol–water partition coefficient (Wildman–Crippen LogP) is 3.56. The molecular weight excluding hydrogens is 461 g/mol. The van der Waals surface area contributed by atoms with Crippen LogP contribution in [-0.4, -0.2) is 60.3 Å². The number of aromatic nitrogens is 3. The Balaban J connectivity index is 1.73. The van der Waals surface area contributed by atoms with Gasteiger partial charge in [0.1, 0.15) is 12.4 Å². The maximum absolute atomic E-state index is 12.8. The Bertz CT molecular complexity index is 1340. The van der Waals surface area contributed by atoms with Crippen LogP contribution >= 0.6 is 0 Å². The van der Waals surface area contributed by atoms with Crippen molar-refractivity contribution in [3.8, 4) is 11.6 Å². The molecule has 0 saturated heterocycles. The fraction of sp³-hybridized carbons (Fsp3) is 0.522. The highest BCUT2D eigenvalue weighted by molar-refractivity contribution is 7.92. The molecule has 2 heterocycles. The van der Waals surface area contributed by atoms with Crippen LogP contribution in [0, 0.1) is 6.92 Å². The van der Waals surface area contributed by atoms with E-state index in [-0.39, 0.29) is 36.2 Å². The Labute approximate surface area is 198 Å². The van der Waals surface area contributed by atoms with Crippen LogP contribution in [0.5, 0.6) is 0 Å². The van der Waals surface area contributed by atoms with Gasteiger partial charge in [-0.1, -0.05) is 25.9 Å². The first kappa shape index (κ1) is 24.3. The number of benzene rings is 1. The molecule has 1 fully saturated rings. The summed E-state index contributed by atoms with van der Waals surface area (Å²) >= 11 is 0.